The number of amides is 1. The van der Waals surface area contributed by atoms with Crippen LogP contribution in [0.5, 0.6) is 0 Å². The van der Waals surface area contributed by atoms with Crippen molar-refractivity contribution in [2.45, 2.75) is 6.42 Å². The Labute approximate surface area is 222 Å². The van der Waals surface area contributed by atoms with Crippen LogP contribution in [-0.2, 0) is 21.2 Å². The van der Waals surface area contributed by atoms with Crippen LogP contribution in [0.1, 0.15) is 5.56 Å². The number of benzene rings is 2. The van der Waals surface area contributed by atoms with Crippen LogP contribution in [0.2, 0.25) is 5.02 Å². The molecule has 1 fully saturated rings. The number of likely N-dealkylation sites (N-methyl/N-ethyl adjacent to an activating group) is 1. The zero-order valence-electron chi connectivity index (χ0n) is 21.0. The van der Waals surface area contributed by atoms with Crippen molar-refractivity contribution in [3.63, 3.8) is 0 Å². The zero-order valence-corrected chi connectivity index (χ0v) is 22.6. The molecule has 1 aliphatic rings. The molecule has 0 spiro atoms. The topological polar surface area (TPSA) is 111 Å². The van der Waals surface area contributed by atoms with E-state index in [-0.39, 0.29) is 10.9 Å². The van der Waals surface area contributed by atoms with Crippen LogP contribution in [-0.4, -0.2) is 80.6 Å². The average molecular weight is 544 g/mol. The van der Waals surface area contributed by atoms with Gasteiger partial charge in [-0.05, 0) is 36.9 Å². The first kappa shape index (κ1) is 26.6. The lowest BCUT2D eigenvalue weighted by molar-refractivity contribution is -0.132. The van der Waals surface area contributed by atoms with Crippen LogP contribution >= 0.6 is 11.6 Å². The number of hydrogen-bond acceptors (Lipinski definition) is 8. The normalized spacial score (nSPS) is 14.3. The van der Waals surface area contributed by atoms with E-state index in [9.17, 15) is 13.2 Å². The van der Waals surface area contributed by atoms with Crippen molar-refractivity contribution in [2.75, 3.05) is 61.5 Å². The molecule has 1 amide bonds. The molecule has 196 valence electrons. The molecule has 0 aliphatic carbocycles. The van der Waals surface area contributed by atoms with E-state index in [0.717, 1.165) is 43.7 Å². The van der Waals surface area contributed by atoms with Crippen molar-refractivity contribution >= 4 is 56.4 Å². The van der Waals surface area contributed by atoms with E-state index in [1.54, 1.807) is 24.3 Å². The van der Waals surface area contributed by atoms with E-state index < -0.39 is 10.0 Å². The summed E-state index contributed by atoms with van der Waals surface area (Å²) < 4.78 is 25.3. The first-order valence-electron chi connectivity index (χ1n) is 11.7. The van der Waals surface area contributed by atoms with Crippen molar-refractivity contribution in [1.82, 2.24) is 19.8 Å². The Kier molecular flexibility index (Phi) is 8.16. The van der Waals surface area contributed by atoms with Crippen LogP contribution < -0.4 is 14.9 Å². The Morgan fingerprint density at radius 2 is 1.73 bits per heavy atom. The first-order chi connectivity index (χ1) is 17.6. The Morgan fingerprint density at radius 1 is 1.05 bits per heavy atom. The molecule has 3 aromatic rings. The molecule has 2 aromatic carbocycles. The van der Waals surface area contributed by atoms with Gasteiger partial charge in [0.25, 0.3) is 0 Å². The number of rotatable bonds is 8. The number of nitrogens with zero attached hydrogens (tertiary/aromatic N) is 5. The number of hydrogen-bond donors (Lipinski definition) is 2. The Morgan fingerprint density at radius 3 is 2.41 bits per heavy atom. The van der Waals surface area contributed by atoms with Gasteiger partial charge in [-0.15, -0.1) is 0 Å². The third-order valence-electron chi connectivity index (χ3n) is 6.16. The van der Waals surface area contributed by atoms with E-state index in [2.05, 4.69) is 32.5 Å². The van der Waals surface area contributed by atoms with E-state index in [4.69, 9.17) is 11.6 Å². The maximum absolute atomic E-state index is 12.6. The van der Waals surface area contributed by atoms with Crippen LogP contribution in [0.3, 0.4) is 0 Å². The molecule has 1 saturated heterocycles. The van der Waals surface area contributed by atoms with E-state index >= 15 is 0 Å². The van der Waals surface area contributed by atoms with Crippen molar-refractivity contribution in [3.05, 3.63) is 65.3 Å². The van der Waals surface area contributed by atoms with Crippen LogP contribution in [0, 0.1) is 0 Å². The van der Waals surface area contributed by atoms with Crippen molar-refractivity contribution in [3.8, 4) is 0 Å². The number of sulfonamides is 1. The number of piperazine rings is 1. The Bertz CT molecular complexity index is 1360. The van der Waals surface area contributed by atoms with Crippen molar-refractivity contribution in [2.24, 2.45) is 0 Å². The summed E-state index contributed by atoms with van der Waals surface area (Å²) in [5.41, 5.74) is 2.66. The fourth-order valence-electron chi connectivity index (χ4n) is 3.85. The molecular weight excluding hydrogens is 514 g/mol. The van der Waals surface area contributed by atoms with Crippen LogP contribution in [0.4, 0.5) is 28.8 Å². The SMILES string of the molecule is CN1CCN(C(=O)Cc2ccc(Nc3ncc(Cl)c(Nc4ccccc4N(C)S(C)(=O)=O)n3)cc2)CC1. The molecule has 0 saturated carbocycles. The summed E-state index contributed by atoms with van der Waals surface area (Å²) in [4.78, 5) is 25.4. The molecule has 37 heavy (non-hydrogen) atoms. The standard InChI is InChI=1S/C25H30ClN7O3S/c1-31-12-14-33(15-13-31)23(34)16-18-8-10-19(11-9-18)28-25-27-17-20(26)24(30-25)29-21-6-4-5-7-22(21)32(2)37(3,35)36/h4-11,17H,12-16H2,1-3H3,(H2,27,28,29,30). The summed E-state index contributed by atoms with van der Waals surface area (Å²) in [6.45, 7) is 3.31. The largest absolute Gasteiger partial charge is 0.340 e. The molecule has 1 aromatic heterocycles. The van der Waals surface area contributed by atoms with Crippen LogP contribution in [0.25, 0.3) is 0 Å². The summed E-state index contributed by atoms with van der Waals surface area (Å²) in [5, 5.41) is 6.53. The summed E-state index contributed by atoms with van der Waals surface area (Å²) in [5.74, 6) is 0.761. The fraction of sp³-hybridized carbons (Fsp3) is 0.320. The van der Waals surface area contributed by atoms with Gasteiger partial charge in [-0.25, -0.2) is 13.4 Å². The van der Waals surface area contributed by atoms with Gasteiger partial charge in [0.05, 0.1) is 30.2 Å². The minimum absolute atomic E-state index is 0.132. The quantitative estimate of drug-likeness (QED) is 0.445. The number of nitrogens with one attached hydrogen (secondary N) is 2. The van der Waals surface area contributed by atoms with Gasteiger partial charge in [0.1, 0.15) is 5.02 Å². The second kappa shape index (κ2) is 11.3. The Balaban J connectivity index is 1.44. The molecule has 12 heteroatoms. The fourth-order valence-corrected chi connectivity index (χ4v) is 4.51. The maximum Gasteiger partial charge on any atom is 0.232 e. The smallest absolute Gasteiger partial charge is 0.232 e. The first-order valence-corrected chi connectivity index (χ1v) is 14.0. The molecule has 1 aliphatic heterocycles. The van der Waals surface area contributed by atoms with Gasteiger partial charge in [0, 0.05) is 38.9 Å². The predicted octanol–water partition coefficient (Wildman–Crippen LogP) is 3.33. The lowest BCUT2D eigenvalue weighted by Crippen LogP contribution is -2.47. The molecular formula is C25H30ClN7O3S. The predicted molar refractivity (Wildman–Crippen MR) is 148 cm³/mol. The zero-order chi connectivity index (χ0) is 26.6. The molecule has 10 nitrogen and oxygen atoms in total. The van der Waals surface area contributed by atoms with Gasteiger partial charge in [0.15, 0.2) is 5.82 Å². The minimum Gasteiger partial charge on any atom is -0.340 e. The lowest BCUT2D eigenvalue weighted by atomic mass is 10.1. The number of aromatic nitrogens is 2. The molecule has 0 atom stereocenters. The molecule has 2 heterocycles. The van der Waals surface area contributed by atoms with Gasteiger partial charge in [0.2, 0.25) is 21.9 Å². The third-order valence-corrected chi connectivity index (χ3v) is 7.63. The van der Waals surface area contributed by atoms with E-state index in [1.807, 2.05) is 29.2 Å². The number of carbonyl (C=O) groups is 1. The second-order valence-electron chi connectivity index (χ2n) is 8.95. The minimum atomic E-state index is -3.46. The highest BCUT2D eigenvalue weighted by atomic mass is 35.5. The lowest BCUT2D eigenvalue weighted by Gasteiger charge is -2.32. The van der Waals surface area contributed by atoms with Gasteiger partial charge in [-0.1, -0.05) is 35.9 Å². The highest BCUT2D eigenvalue weighted by Gasteiger charge is 2.19. The third kappa shape index (κ3) is 6.88. The average Bonchev–Trinajstić information content (AvgIpc) is 2.87. The van der Waals surface area contributed by atoms with Gasteiger partial charge >= 0.3 is 0 Å². The molecule has 0 bridgehead atoms. The maximum atomic E-state index is 12.6. The number of para-hydroxylation sites is 2. The molecule has 0 radical (unpaired) electrons. The second-order valence-corrected chi connectivity index (χ2v) is 11.4. The highest BCUT2D eigenvalue weighted by molar-refractivity contribution is 7.92. The highest BCUT2D eigenvalue weighted by Crippen LogP contribution is 2.31. The van der Waals surface area contributed by atoms with Gasteiger partial charge < -0.3 is 20.4 Å². The summed E-state index contributed by atoms with van der Waals surface area (Å²) in [6, 6.07) is 14.5. The summed E-state index contributed by atoms with van der Waals surface area (Å²) in [7, 11) is 0.0819. The summed E-state index contributed by atoms with van der Waals surface area (Å²) in [6.07, 6.45) is 2.96. The van der Waals surface area contributed by atoms with Crippen molar-refractivity contribution < 1.29 is 13.2 Å². The van der Waals surface area contributed by atoms with Crippen molar-refractivity contribution in [1.29, 1.82) is 0 Å². The number of carbonyl (C=O) groups excluding carboxylic acids is 1. The van der Waals surface area contributed by atoms with Gasteiger partial charge in [-0.3, -0.25) is 9.10 Å². The molecule has 2 N–H and O–H groups in total. The summed E-state index contributed by atoms with van der Waals surface area (Å²) >= 11 is 6.33. The Hall–Kier alpha value is -3.41. The molecule has 0 unspecified atom stereocenters. The van der Waals surface area contributed by atoms with Crippen LogP contribution in [0.15, 0.2) is 54.7 Å². The monoisotopic (exact) mass is 543 g/mol. The van der Waals surface area contributed by atoms with Gasteiger partial charge in [-0.2, -0.15) is 4.98 Å². The van der Waals surface area contributed by atoms with E-state index in [0.29, 0.717) is 29.6 Å². The number of anilines is 5. The number of halogens is 1. The molecule has 4 rings (SSSR count). The van der Waals surface area contributed by atoms with E-state index in [1.165, 1.54) is 17.5 Å².